The van der Waals surface area contributed by atoms with E-state index in [0.29, 0.717) is 33.3 Å². The molecule has 1 saturated heterocycles. The largest absolute Gasteiger partial charge is 0.399 e. The van der Waals surface area contributed by atoms with Gasteiger partial charge in [0.15, 0.2) is 0 Å². The summed E-state index contributed by atoms with van der Waals surface area (Å²) in [6, 6.07) is 3.58. The molecule has 2 unspecified atom stereocenters. The molecule has 0 spiro atoms. The highest BCUT2D eigenvalue weighted by molar-refractivity contribution is 6.44. The Morgan fingerprint density at radius 3 is 2.75 bits per heavy atom. The van der Waals surface area contributed by atoms with Crippen molar-refractivity contribution in [2.24, 2.45) is 5.92 Å². The van der Waals surface area contributed by atoms with Gasteiger partial charge in [0.05, 0.1) is 15.6 Å². The van der Waals surface area contributed by atoms with Gasteiger partial charge < -0.3 is 10.6 Å². The highest BCUT2D eigenvalue weighted by Crippen LogP contribution is 2.38. The number of carbonyl (C=O) groups is 1. The van der Waals surface area contributed by atoms with Gasteiger partial charge in [-0.25, -0.2) is 0 Å². The molecule has 1 aliphatic carbocycles. The number of hydrogen-bond acceptors (Lipinski definition) is 2. The average molecular weight is 313 g/mol. The van der Waals surface area contributed by atoms with Gasteiger partial charge in [-0.3, -0.25) is 4.79 Å². The van der Waals surface area contributed by atoms with E-state index in [1.165, 1.54) is 19.3 Å². The number of nitrogens with zero attached hydrogens (tertiary/aromatic N) is 1. The molecule has 1 aliphatic heterocycles. The van der Waals surface area contributed by atoms with Crippen LogP contribution in [0.3, 0.4) is 0 Å². The Bertz CT molecular complexity index is 547. The van der Waals surface area contributed by atoms with Gasteiger partial charge in [-0.2, -0.15) is 0 Å². The summed E-state index contributed by atoms with van der Waals surface area (Å²) in [5.41, 5.74) is 6.70. The lowest BCUT2D eigenvalue weighted by Gasteiger charge is -2.38. The van der Waals surface area contributed by atoms with Crippen molar-refractivity contribution in [3.63, 3.8) is 0 Å². The molecule has 0 radical (unpaired) electrons. The van der Waals surface area contributed by atoms with Crippen LogP contribution in [0, 0.1) is 5.92 Å². The van der Waals surface area contributed by atoms with Crippen LogP contribution >= 0.6 is 23.2 Å². The molecule has 1 saturated carbocycles. The maximum atomic E-state index is 12.8. The first-order chi connectivity index (χ1) is 9.58. The van der Waals surface area contributed by atoms with E-state index in [1.807, 2.05) is 4.90 Å². The quantitative estimate of drug-likeness (QED) is 0.797. The molecule has 1 amide bonds. The molecule has 3 rings (SSSR count). The summed E-state index contributed by atoms with van der Waals surface area (Å²) in [7, 11) is 0. The van der Waals surface area contributed by atoms with Crippen LogP contribution in [0.1, 0.15) is 42.5 Å². The van der Waals surface area contributed by atoms with E-state index in [1.54, 1.807) is 12.1 Å². The van der Waals surface area contributed by atoms with Crippen molar-refractivity contribution >= 4 is 34.8 Å². The van der Waals surface area contributed by atoms with Gasteiger partial charge in [0.25, 0.3) is 5.91 Å². The monoisotopic (exact) mass is 312 g/mol. The van der Waals surface area contributed by atoms with Crippen LogP contribution in [0.25, 0.3) is 0 Å². The van der Waals surface area contributed by atoms with E-state index in [2.05, 4.69) is 0 Å². The average Bonchev–Trinajstić information content (AvgIpc) is 2.90. The predicted octanol–water partition coefficient (Wildman–Crippen LogP) is 3.98. The Morgan fingerprint density at radius 1 is 1.20 bits per heavy atom. The van der Waals surface area contributed by atoms with E-state index >= 15 is 0 Å². The summed E-state index contributed by atoms with van der Waals surface area (Å²) in [4.78, 5) is 14.8. The minimum atomic E-state index is -0.0270. The first-order valence-electron chi connectivity index (χ1n) is 7.13. The molecule has 0 bridgehead atoms. The Kier molecular flexibility index (Phi) is 3.83. The van der Waals surface area contributed by atoms with E-state index in [-0.39, 0.29) is 5.91 Å². The molecule has 1 heterocycles. The number of fused-ring (bicyclic) bond motifs is 1. The summed E-state index contributed by atoms with van der Waals surface area (Å²) in [6.07, 6.45) is 5.86. The minimum absolute atomic E-state index is 0.0270. The van der Waals surface area contributed by atoms with Crippen molar-refractivity contribution in [3.8, 4) is 0 Å². The zero-order valence-electron chi connectivity index (χ0n) is 11.2. The highest BCUT2D eigenvalue weighted by Gasteiger charge is 2.38. The van der Waals surface area contributed by atoms with Crippen LogP contribution in [0.5, 0.6) is 0 Å². The molecule has 1 aromatic rings. The van der Waals surface area contributed by atoms with Gasteiger partial charge in [0.1, 0.15) is 0 Å². The highest BCUT2D eigenvalue weighted by atomic mass is 35.5. The summed E-state index contributed by atoms with van der Waals surface area (Å²) in [5, 5.41) is 0.654. The summed E-state index contributed by atoms with van der Waals surface area (Å²) < 4.78 is 0. The van der Waals surface area contributed by atoms with Gasteiger partial charge in [0, 0.05) is 18.3 Å². The molecular weight excluding hydrogens is 295 g/mol. The lowest BCUT2D eigenvalue weighted by Crippen LogP contribution is -2.46. The third-order valence-corrected chi connectivity index (χ3v) is 5.34. The van der Waals surface area contributed by atoms with E-state index in [9.17, 15) is 4.79 Å². The van der Waals surface area contributed by atoms with Gasteiger partial charge in [-0.1, -0.05) is 29.6 Å². The fourth-order valence-electron chi connectivity index (χ4n) is 3.63. The number of amides is 1. The van der Waals surface area contributed by atoms with Crippen LogP contribution in [0.15, 0.2) is 12.1 Å². The van der Waals surface area contributed by atoms with E-state index in [0.717, 1.165) is 19.4 Å². The first-order valence-corrected chi connectivity index (χ1v) is 7.89. The van der Waals surface area contributed by atoms with Crippen LogP contribution in [0.2, 0.25) is 10.0 Å². The Labute approximate surface area is 129 Å². The maximum Gasteiger partial charge on any atom is 0.255 e. The number of piperidine rings is 1. The van der Waals surface area contributed by atoms with E-state index < -0.39 is 0 Å². The number of likely N-dealkylation sites (tertiary alicyclic amines) is 1. The van der Waals surface area contributed by atoms with Crippen LogP contribution in [-0.2, 0) is 0 Å². The molecule has 20 heavy (non-hydrogen) atoms. The SMILES string of the molecule is Nc1cc(Cl)c(Cl)c(C(=O)N2CCCC3CCCC32)c1. The summed E-state index contributed by atoms with van der Waals surface area (Å²) in [6.45, 7) is 0.808. The van der Waals surface area contributed by atoms with Crippen molar-refractivity contribution in [1.82, 2.24) is 4.90 Å². The fraction of sp³-hybridized carbons (Fsp3) is 0.533. The van der Waals surface area contributed by atoms with Crippen molar-refractivity contribution < 1.29 is 4.79 Å². The topological polar surface area (TPSA) is 46.3 Å². The van der Waals surface area contributed by atoms with Crippen molar-refractivity contribution in [2.45, 2.75) is 38.1 Å². The van der Waals surface area contributed by atoms with Crippen LogP contribution in [0.4, 0.5) is 5.69 Å². The van der Waals surface area contributed by atoms with Crippen molar-refractivity contribution in [3.05, 3.63) is 27.7 Å². The summed E-state index contributed by atoms with van der Waals surface area (Å²) >= 11 is 12.2. The summed E-state index contributed by atoms with van der Waals surface area (Å²) in [5.74, 6) is 0.629. The second-order valence-corrected chi connectivity index (χ2v) is 6.55. The van der Waals surface area contributed by atoms with Crippen LogP contribution < -0.4 is 5.73 Å². The molecule has 2 aliphatic rings. The molecule has 5 heteroatoms. The molecule has 1 aromatic carbocycles. The smallest absolute Gasteiger partial charge is 0.255 e. The number of halogens is 2. The van der Waals surface area contributed by atoms with Gasteiger partial charge in [-0.15, -0.1) is 0 Å². The lowest BCUT2D eigenvalue weighted by atomic mass is 9.91. The van der Waals surface area contributed by atoms with Crippen molar-refractivity contribution in [2.75, 3.05) is 12.3 Å². The normalized spacial score (nSPS) is 25.6. The van der Waals surface area contributed by atoms with Crippen molar-refractivity contribution in [1.29, 1.82) is 0 Å². The molecule has 0 aromatic heterocycles. The van der Waals surface area contributed by atoms with Crippen LogP contribution in [-0.4, -0.2) is 23.4 Å². The first kappa shape index (κ1) is 14.0. The zero-order chi connectivity index (χ0) is 14.3. The lowest BCUT2D eigenvalue weighted by molar-refractivity contribution is 0.0548. The molecule has 2 N–H and O–H groups in total. The number of anilines is 1. The Balaban J connectivity index is 1.92. The number of hydrogen-bond donors (Lipinski definition) is 1. The minimum Gasteiger partial charge on any atom is -0.399 e. The second-order valence-electron chi connectivity index (χ2n) is 5.76. The van der Waals surface area contributed by atoms with Gasteiger partial charge in [-0.05, 0) is 43.7 Å². The number of benzene rings is 1. The number of nitrogens with two attached hydrogens (primary N) is 1. The molecule has 108 valence electrons. The second kappa shape index (κ2) is 5.45. The van der Waals surface area contributed by atoms with Gasteiger partial charge >= 0.3 is 0 Å². The van der Waals surface area contributed by atoms with E-state index in [4.69, 9.17) is 28.9 Å². The Morgan fingerprint density at radius 2 is 1.95 bits per heavy atom. The molecule has 2 fully saturated rings. The standard InChI is InChI=1S/C15H18Cl2N2O/c16-12-8-10(18)7-11(14(12)17)15(20)19-6-2-4-9-3-1-5-13(9)19/h7-9,13H,1-6,18H2. The zero-order valence-corrected chi connectivity index (χ0v) is 12.8. The molecule has 3 nitrogen and oxygen atoms in total. The third-order valence-electron chi connectivity index (χ3n) is 4.54. The third kappa shape index (κ3) is 2.38. The molecule has 2 atom stereocenters. The molecular formula is C15H18Cl2N2O. The number of nitrogen functional groups attached to an aromatic ring is 1. The Hall–Kier alpha value is -0.930. The predicted molar refractivity (Wildman–Crippen MR) is 82.3 cm³/mol. The van der Waals surface area contributed by atoms with Gasteiger partial charge in [0.2, 0.25) is 0 Å². The number of carbonyl (C=O) groups excluding carboxylic acids is 1. The number of rotatable bonds is 1. The fourth-order valence-corrected chi connectivity index (χ4v) is 4.04. The maximum absolute atomic E-state index is 12.8.